The average Bonchev–Trinajstić information content (AvgIpc) is 2.53. The van der Waals surface area contributed by atoms with Gasteiger partial charge in [0.05, 0.1) is 16.6 Å². The molecule has 5 nitrogen and oxygen atoms in total. The molecule has 17 heavy (non-hydrogen) atoms. The first-order valence-electron chi connectivity index (χ1n) is 5.03. The maximum Gasteiger partial charge on any atom is 0.338 e. The first-order chi connectivity index (χ1) is 7.99. The van der Waals surface area contributed by atoms with Gasteiger partial charge in [0.1, 0.15) is 5.75 Å². The van der Waals surface area contributed by atoms with Crippen molar-refractivity contribution >= 4 is 11.5 Å². The normalized spacial score (nSPS) is 15.6. The van der Waals surface area contributed by atoms with E-state index in [1.165, 1.54) is 12.1 Å². The molecule has 0 bridgehead atoms. The van der Waals surface area contributed by atoms with Crippen molar-refractivity contribution in [3.63, 3.8) is 0 Å². The molecule has 1 heterocycles. The number of benzene rings is 1. The van der Waals surface area contributed by atoms with Gasteiger partial charge in [-0.3, -0.25) is 0 Å². The van der Waals surface area contributed by atoms with E-state index in [9.17, 15) is 15.0 Å². The molecule has 5 heteroatoms. The smallest absolute Gasteiger partial charge is 0.338 e. The minimum atomic E-state index is -1.05. The molecule has 0 spiro atoms. The molecule has 88 valence electrons. The van der Waals surface area contributed by atoms with Gasteiger partial charge in [-0.05, 0) is 18.2 Å². The summed E-state index contributed by atoms with van der Waals surface area (Å²) in [6, 6.07) is 4.50. The van der Waals surface area contributed by atoms with Crippen LogP contribution in [0, 0.1) is 0 Å². The SMILES string of the molecule is CN(C)C=C1N=c2ccc(O)cc2=C1C(=O)O. The van der Waals surface area contributed by atoms with Crippen LogP contribution in [0.4, 0.5) is 0 Å². The molecule has 1 aliphatic heterocycles. The largest absolute Gasteiger partial charge is 0.508 e. The van der Waals surface area contributed by atoms with Gasteiger partial charge >= 0.3 is 5.97 Å². The molecule has 0 saturated heterocycles. The Labute approximate surface area is 97.6 Å². The van der Waals surface area contributed by atoms with E-state index >= 15 is 0 Å². The Morgan fingerprint density at radius 1 is 1.41 bits per heavy atom. The number of carbonyl (C=O) groups is 1. The van der Waals surface area contributed by atoms with E-state index in [2.05, 4.69) is 4.99 Å². The van der Waals surface area contributed by atoms with Crippen LogP contribution in [-0.4, -0.2) is 35.2 Å². The molecule has 0 radical (unpaired) electrons. The Morgan fingerprint density at radius 3 is 2.71 bits per heavy atom. The molecule has 0 aromatic heterocycles. The molecule has 1 aromatic carbocycles. The minimum Gasteiger partial charge on any atom is -0.508 e. The lowest BCUT2D eigenvalue weighted by molar-refractivity contribution is -0.130. The molecule has 0 amide bonds. The first kappa shape index (κ1) is 11.2. The average molecular weight is 232 g/mol. The second-order valence-electron chi connectivity index (χ2n) is 3.97. The fourth-order valence-electron chi connectivity index (χ4n) is 1.71. The molecule has 0 saturated carbocycles. The van der Waals surface area contributed by atoms with Crippen LogP contribution >= 0.6 is 0 Å². The number of aliphatic carboxylic acids is 1. The molecule has 0 fully saturated rings. The summed E-state index contributed by atoms with van der Waals surface area (Å²) in [5.74, 6) is -1.02. The number of aromatic hydroxyl groups is 1. The van der Waals surface area contributed by atoms with Gasteiger partial charge in [-0.15, -0.1) is 0 Å². The Balaban J connectivity index is 2.78. The number of hydrogen-bond donors (Lipinski definition) is 2. The predicted molar refractivity (Wildman–Crippen MR) is 61.7 cm³/mol. The summed E-state index contributed by atoms with van der Waals surface area (Å²) in [6.45, 7) is 0. The van der Waals surface area contributed by atoms with Crippen molar-refractivity contribution in [3.05, 3.63) is 40.7 Å². The van der Waals surface area contributed by atoms with Crippen LogP contribution in [0.15, 0.2) is 35.1 Å². The zero-order chi connectivity index (χ0) is 12.6. The lowest BCUT2D eigenvalue weighted by Crippen LogP contribution is -2.24. The zero-order valence-corrected chi connectivity index (χ0v) is 9.51. The van der Waals surface area contributed by atoms with Crippen molar-refractivity contribution in [2.75, 3.05) is 14.1 Å². The topological polar surface area (TPSA) is 73.1 Å². The van der Waals surface area contributed by atoms with Crippen molar-refractivity contribution in [2.45, 2.75) is 0 Å². The summed E-state index contributed by atoms with van der Waals surface area (Å²) >= 11 is 0. The quantitative estimate of drug-likeness (QED) is 0.732. The lowest BCUT2D eigenvalue weighted by Gasteiger charge is -2.06. The Hall–Kier alpha value is -2.30. The van der Waals surface area contributed by atoms with Gasteiger partial charge in [0.15, 0.2) is 0 Å². The monoisotopic (exact) mass is 232 g/mol. The molecule has 0 unspecified atom stereocenters. The number of phenolic OH excluding ortho intramolecular Hbond substituents is 1. The fourth-order valence-corrected chi connectivity index (χ4v) is 1.71. The molecular weight excluding hydrogens is 220 g/mol. The second-order valence-corrected chi connectivity index (χ2v) is 3.97. The first-order valence-corrected chi connectivity index (χ1v) is 5.03. The molecule has 2 rings (SSSR count). The third-order valence-corrected chi connectivity index (χ3v) is 2.34. The number of fused-ring (bicyclic) bond motifs is 1. The van der Waals surface area contributed by atoms with Crippen LogP contribution in [0.2, 0.25) is 0 Å². The van der Waals surface area contributed by atoms with E-state index in [1.807, 2.05) is 0 Å². The maximum atomic E-state index is 11.2. The van der Waals surface area contributed by atoms with Crippen LogP contribution in [0.25, 0.3) is 5.57 Å². The molecule has 0 atom stereocenters. The second kappa shape index (κ2) is 3.93. The lowest BCUT2D eigenvalue weighted by atomic mass is 10.1. The van der Waals surface area contributed by atoms with Crippen molar-refractivity contribution < 1.29 is 15.0 Å². The van der Waals surface area contributed by atoms with Crippen molar-refractivity contribution in [2.24, 2.45) is 4.99 Å². The summed E-state index contributed by atoms with van der Waals surface area (Å²) in [4.78, 5) is 17.2. The highest BCUT2D eigenvalue weighted by Gasteiger charge is 2.20. The van der Waals surface area contributed by atoms with Gasteiger partial charge in [-0.2, -0.15) is 0 Å². The van der Waals surface area contributed by atoms with Gasteiger partial charge in [0.2, 0.25) is 0 Å². The van der Waals surface area contributed by atoms with E-state index in [0.29, 0.717) is 16.3 Å². The zero-order valence-electron chi connectivity index (χ0n) is 9.51. The van der Waals surface area contributed by atoms with E-state index < -0.39 is 5.97 Å². The number of carboxylic acid groups (broad SMARTS) is 1. The highest BCUT2D eigenvalue weighted by atomic mass is 16.4. The molecule has 1 aromatic rings. The Kier molecular flexibility index (Phi) is 2.59. The van der Waals surface area contributed by atoms with Gasteiger partial charge < -0.3 is 15.1 Å². The standard InChI is InChI=1S/C12H12N2O3/c1-14(2)6-10-11(12(16)17)8-5-7(15)3-4-9(8)13-10/h3-6,15H,1-2H3,(H,16,17). The third-order valence-electron chi connectivity index (χ3n) is 2.34. The number of hydrogen-bond acceptors (Lipinski definition) is 4. The number of phenols is 1. The Bertz CT molecular complexity index is 630. The van der Waals surface area contributed by atoms with Crippen LogP contribution in [-0.2, 0) is 4.79 Å². The summed E-state index contributed by atoms with van der Waals surface area (Å²) in [5, 5.41) is 19.6. The summed E-state index contributed by atoms with van der Waals surface area (Å²) in [7, 11) is 3.59. The summed E-state index contributed by atoms with van der Waals surface area (Å²) in [6.07, 6.45) is 1.64. The predicted octanol–water partition coefficient (Wildman–Crippen LogP) is -0.336. The molecular formula is C12H12N2O3. The Morgan fingerprint density at radius 2 is 2.12 bits per heavy atom. The maximum absolute atomic E-state index is 11.2. The molecule has 2 N–H and O–H groups in total. The molecule has 0 aliphatic carbocycles. The summed E-state index contributed by atoms with van der Waals surface area (Å²) < 4.78 is 0. The minimum absolute atomic E-state index is 0.0313. The van der Waals surface area contributed by atoms with Crippen LogP contribution in [0.3, 0.4) is 0 Å². The number of carboxylic acids is 1. The highest BCUT2D eigenvalue weighted by molar-refractivity contribution is 6.15. The highest BCUT2D eigenvalue weighted by Crippen LogP contribution is 2.15. The van der Waals surface area contributed by atoms with Crippen LogP contribution in [0.5, 0.6) is 5.75 Å². The van der Waals surface area contributed by atoms with E-state index in [-0.39, 0.29) is 11.3 Å². The van der Waals surface area contributed by atoms with Crippen molar-refractivity contribution in [1.82, 2.24) is 4.90 Å². The number of rotatable bonds is 2. The van der Waals surface area contributed by atoms with Gasteiger partial charge in [-0.1, -0.05) is 0 Å². The van der Waals surface area contributed by atoms with E-state index in [4.69, 9.17) is 0 Å². The van der Waals surface area contributed by atoms with Crippen LogP contribution < -0.4 is 10.6 Å². The fraction of sp³-hybridized carbons (Fsp3) is 0.167. The van der Waals surface area contributed by atoms with Gasteiger partial charge in [0.25, 0.3) is 0 Å². The summed E-state index contributed by atoms with van der Waals surface area (Å²) in [5.41, 5.74) is 0.507. The van der Waals surface area contributed by atoms with E-state index in [1.54, 1.807) is 31.3 Å². The van der Waals surface area contributed by atoms with E-state index in [0.717, 1.165) is 0 Å². The number of nitrogens with zero attached hydrogens (tertiary/aromatic N) is 2. The van der Waals surface area contributed by atoms with Gasteiger partial charge in [-0.25, -0.2) is 9.79 Å². The van der Waals surface area contributed by atoms with Crippen molar-refractivity contribution in [1.29, 1.82) is 0 Å². The third kappa shape index (κ3) is 1.99. The van der Waals surface area contributed by atoms with Crippen molar-refractivity contribution in [3.8, 4) is 5.75 Å². The molecule has 1 aliphatic rings. The van der Waals surface area contributed by atoms with Crippen LogP contribution in [0.1, 0.15) is 0 Å². The van der Waals surface area contributed by atoms with Gasteiger partial charge in [0, 0.05) is 25.5 Å².